The molecule has 0 aromatic heterocycles. The van der Waals surface area contributed by atoms with Gasteiger partial charge >= 0.3 is 0 Å². The summed E-state index contributed by atoms with van der Waals surface area (Å²) in [5.74, 6) is 0.466. The zero-order valence-corrected chi connectivity index (χ0v) is 23.7. The molecule has 0 N–H and O–H groups in total. The summed E-state index contributed by atoms with van der Waals surface area (Å²) in [6, 6.07) is 12.8. The molecule has 1 amide bonds. The van der Waals surface area contributed by atoms with Crippen LogP contribution in [0.5, 0.6) is 0 Å². The minimum Gasteiger partial charge on any atom is -0.378 e. The Balaban J connectivity index is 1.40. The Morgan fingerprint density at radius 1 is 1.16 bits per heavy atom. The van der Waals surface area contributed by atoms with Crippen LogP contribution in [0.2, 0.25) is 0 Å². The van der Waals surface area contributed by atoms with Crippen molar-refractivity contribution in [3.05, 3.63) is 58.0 Å². The third-order valence-corrected chi connectivity index (χ3v) is 8.89. The van der Waals surface area contributed by atoms with Gasteiger partial charge in [-0.05, 0) is 111 Å². The summed E-state index contributed by atoms with van der Waals surface area (Å²) < 4.78 is 5.45. The number of anilines is 2. The lowest BCUT2D eigenvalue weighted by Gasteiger charge is -2.47. The summed E-state index contributed by atoms with van der Waals surface area (Å²) in [5.41, 5.74) is 7.17. The first-order chi connectivity index (χ1) is 17.7. The van der Waals surface area contributed by atoms with Crippen molar-refractivity contribution in [1.29, 1.82) is 0 Å². The highest BCUT2D eigenvalue weighted by Gasteiger charge is 2.36. The molecule has 3 aliphatic heterocycles. The fourth-order valence-corrected chi connectivity index (χ4v) is 6.85. The molecule has 2 aromatic carbocycles. The van der Waals surface area contributed by atoms with E-state index in [1.165, 1.54) is 34.3 Å². The van der Waals surface area contributed by atoms with E-state index in [-0.39, 0.29) is 11.4 Å². The number of ether oxygens (including phenoxy) is 1. The Hall–Kier alpha value is -2.77. The molecule has 2 fully saturated rings. The number of carbonyl (C=O) groups excluding carboxylic acids is 1. The van der Waals surface area contributed by atoms with Gasteiger partial charge in [-0.1, -0.05) is 6.92 Å². The molecule has 0 aliphatic carbocycles. The Kier molecular flexibility index (Phi) is 7.12. The van der Waals surface area contributed by atoms with Gasteiger partial charge in [-0.3, -0.25) is 9.69 Å². The number of aliphatic imine (C=N–C) groups is 1. The van der Waals surface area contributed by atoms with Gasteiger partial charge in [0.2, 0.25) is 0 Å². The largest absolute Gasteiger partial charge is 0.378 e. The molecule has 0 bridgehead atoms. The number of thioether (sulfide) groups is 1. The summed E-state index contributed by atoms with van der Waals surface area (Å²) in [5, 5.41) is 0.707. The fourth-order valence-electron chi connectivity index (χ4n) is 5.87. The Bertz CT molecular complexity index is 1240. The van der Waals surface area contributed by atoms with Crippen molar-refractivity contribution < 1.29 is 9.53 Å². The monoisotopic (exact) mass is 518 g/mol. The maximum absolute atomic E-state index is 13.1. The SMILES string of the molecule is CCN1c2cc(C)c(/C=C3\SC(=Nc4ccc(N5CCOCC5)cc4)N(C)C3=O)cc2C(C)CC1(C)C. The summed E-state index contributed by atoms with van der Waals surface area (Å²) >= 11 is 1.45. The van der Waals surface area contributed by atoms with Crippen molar-refractivity contribution in [1.82, 2.24) is 4.90 Å². The number of hydrogen-bond acceptors (Lipinski definition) is 6. The van der Waals surface area contributed by atoms with Crippen LogP contribution in [0.15, 0.2) is 46.3 Å². The lowest BCUT2D eigenvalue weighted by atomic mass is 9.79. The van der Waals surface area contributed by atoms with E-state index >= 15 is 0 Å². The first kappa shape index (κ1) is 25.9. The molecule has 1 unspecified atom stereocenters. The molecule has 5 rings (SSSR count). The number of likely N-dealkylation sites (N-methyl/N-ethyl adjacent to an activating group) is 1. The number of rotatable bonds is 4. The number of hydrogen-bond donors (Lipinski definition) is 0. The van der Waals surface area contributed by atoms with E-state index in [1.807, 2.05) is 18.2 Å². The van der Waals surface area contributed by atoms with Crippen LogP contribution in [0.1, 0.15) is 56.7 Å². The summed E-state index contributed by atoms with van der Waals surface area (Å²) in [7, 11) is 1.81. The van der Waals surface area contributed by atoms with Gasteiger partial charge < -0.3 is 14.5 Å². The second kappa shape index (κ2) is 10.2. The average molecular weight is 519 g/mol. The summed E-state index contributed by atoms with van der Waals surface area (Å²) in [4.78, 5) is 25.2. The van der Waals surface area contributed by atoms with Crippen LogP contribution in [-0.4, -0.2) is 61.4 Å². The predicted molar refractivity (Wildman–Crippen MR) is 156 cm³/mol. The second-order valence-electron chi connectivity index (χ2n) is 10.9. The first-order valence-corrected chi connectivity index (χ1v) is 14.1. The van der Waals surface area contributed by atoms with E-state index < -0.39 is 0 Å². The highest BCUT2D eigenvalue weighted by atomic mass is 32.2. The topological polar surface area (TPSA) is 48.4 Å². The van der Waals surface area contributed by atoms with Crippen molar-refractivity contribution in [3.8, 4) is 0 Å². The number of nitrogens with zero attached hydrogens (tertiary/aromatic N) is 4. The van der Waals surface area contributed by atoms with Crippen molar-refractivity contribution >= 4 is 46.0 Å². The molecule has 2 aromatic rings. The predicted octanol–water partition coefficient (Wildman–Crippen LogP) is 6.18. The molecule has 37 heavy (non-hydrogen) atoms. The van der Waals surface area contributed by atoms with Crippen LogP contribution >= 0.6 is 11.8 Å². The zero-order chi connectivity index (χ0) is 26.3. The van der Waals surface area contributed by atoms with Crippen LogP contribution in [0.4, 0.5) is 17.1 Å². The molecule has 7 heteroatoms. The molecular weight excluding hydrogens is 480 g/mol. The number of benzene rings is 2. The Morgan fingerprint density at radius 3 is 2.54 bits per heavy atom. The smallest absolute Gasteiger partial charge is 0.266 e. The molecule has 196 valence electrons. The van der Waals surface area contributed by atoms with Gasteiger partial charge in [-0.25, -0.2) is 4.99 Å². The van der Waals surface area contributed by atoms with Crippen LogP contribution in [-0.2, 0) is 9.53 Å². The van der Waals surface area contributed by atoms with Crippen molar-refractivity contribution in [3.63, 3.8) is 0 Å². The van der Waals surface area contributed by atoms with Gasteiger partial charge in [0, 0.05) is 43.6 Å². The highest BCUT2D eigenvalue weighted by molar-refractivity contribution is 8.18. The van der Waals surface area contributed by atoms with Gasteiger partial charge in [0.1, 0.15) is 0 Å². The van der Waals surface area contributed by atoms with Crippen LogP contribution in [0.3, 0.4) is 0 Å². The van der Waals surface area contributed by atoms with E-state index in [0.717, 1.165) is 50.5 Å². The highest BCUT2D eigenvalue weighted by Crippen LogP contribution is 2.45. The Labute approximate surface area is 225 Å². The lowest BCUT2D eigenvalue weighted by Crippen LogP contribution is -2.48. The van der Waals surface area contributed by atoms with Crippen molar-refractivity contribution in [2.75, 3.05) is 49.7 Å². The molecule has 0 radical (unpaired) electrons. The van der Waals surface area contributed by atoms with E-state index in [1.54, 1.807) is 11.9 Å². The number of amides is 1. The number of fused-ring (bicyclic) bond motifs is 1. The zero-order valence-electron chi connectivity index (χ0n) is 22.9. The molecule has 3 aliphatic rings. The van der Waals surface area contributed by atoms with Gasteiger partial charge in [0.25, 0.3) is 5.91 Å². The normalized spacial score (nSPS) is 23.8. The quantitative estimate of drug-likeness (QED) is 0.453. The number of aryl methyl sites for hydroxylation is 1. The number of carbonyl (C=O) groups is 1. The third kappa shape index (κ3) is 5.04. The molecule has 0 saturated carbocycles. The van der Waals surface area contributed by atoms with Crippen LogP contribution in [0, 0.1) is 6.92 Å². The average Bonchev–Trinajstić information content (AvgIpc) is 3.13. The third-order valence-electron chi connectivity index (χ3n) is 7.83. The molecule has 1 atom stereocenters. The van der Waals surface area contributed by atoms with Crippen molar-refractivity contribution in [2.24, 2.45) is 4.99 Å². The molecular formula is C30H38N4O2S. The van der Waals surface area contributed by atoms with Gasteiger partial charge in [-0.15, -0.1) is 0 Å². The maximum Gasteiger partial charge on any atom is 0.266 e. The Morgan fingerprint density at radius 2 is 1.86 bits per heavy atom. The molecule has 3 heterocycles. The summed E-state index contributed by atoms with van der Waals surface area (Å²) in [6.45, 7) is 15.7. The van der Waals surface area contributed by atoms with Crippen molar-refractivity contribution in [2.45, 2.75) is 52.5 Å². The minimum absolute atomic E-state index is 0.00447. The van der Waals surface area contributed by atoms with E-state index in [2.05, 4.69) is 68.7 Å². The number of morpholine rings is 1. The number of amidine groups is 1. The van der Waals surface area contributed by atoms with Crippen LogP contribution in [0.25, 0.3) is 6.08 Å². The van der Waals surface area contributed by atoms with E-state index in [4.69, 9.17) is 9.73 Å². The first-order valence-electron chi connectivity index (χ1n) is 13.3. The lowest BCUT2D eigenvalue weighted by molar-refractivity contribution is -0.121. The summed E-state index contributed by atoms with van der Waals surface area (Å²) in [6.07, 6.45) is 3.16. The van der Waals surface area contributed by atoms with Gasteiger partial charge in [0.05, 0.1) is 23.8 Å². The molecule has 2 saturated heterocycles. The fraction of sp³-hybridized carbons (Fsp3) is 0.467. The molecule has 0 spiro atoms. The maximum atomic E-state index is 13.1. The van der Waals surface area contributed by atoms with Gasteiger partial charge in [-0.2, -0.15) is 0 Å². The standard InChI is InChI=1S/C30H38N4O2S/c1-7-34-26-16-20(2)22(17-25(26)21(3)19-30(34,4)5)18-27-28(35)32(6)29(37-27)31-23-8-10-24(11-9-23)33-12-14-36-15-13-33/h8-11,16-18,21H,7,12-15,19H2,1-6H3/b27-18-,31-29?. The van der Waals surface area contributed by atoms with E-state index in [9.17, 15) is 4.79 Å². The van der Waals surface area contributed by atoms with Gasteiger partial charge in [0.15, 0.2) is 5.17 Å². The minimum atomic E-state index is -0.00447. The second-order valence-corrected chi connectivity index (χ2v) is 11.9. The van der Waals surface area contributed by atoms with Crippen LogP contribution < -0.4 is 9.80 Å². The van der Waals surface area contributed by atoms with E-state index in [0.29, 0.717) is 16.0 Å². The molecule has 6 nitrogen and oxygen atoms in total.